The van der Waals surface area contributed by atoms with E-state index in [-0.39, 0.29) is 23.8 Å². The van der Waals surface area contributed by atoms with E-state index in [4.69, 9.17) is 0 Å². The second kappa shape index (κ2) is 7.51. The van der Waals surface area contributed by atoms with Crippen LogP contribution in [0.5, 0.6) is 0 Å². The van der Waals surface area contributed by atoms with Crippen LogP contribution in [-0.2, 0) is 16.0 Å². The van der Waals surface area contributed by atoms with E-state index >= 15 is 0 Å². The van der Waals surface area contributed by atoms with Gasteiger partial charge in [0.2, 0.25) is 11.8 Å². The third kappa shape index (κ3) is 3.89. The summed E-state index contributed by atoms with van der Waals surface area (Å²) in [4.78, 5) is 29.3. The predicted octanol–water partition coefficient (Wildman–Crippen LogP) is 3.10. The van der Waals surface area contributed by atoms with Gasteiger partial charge in [0.05, 0.1) is 5.92 Å². The molecule has 1 aromatic rings. The summed E-state index contributed by atoms with van der Waals surface area (Å²) in [5.74, 6) is 0.409. The Bertz CT molecular complexity index is 619. The SMILES string of the molecule is CC(C)=CCN1C(=O)[C@H]2CC[C@@H]1CN(C(=O)CCc1ccsc1)C2. The maximum absolute atomic E-state index is 12.7. The van der Waals surface area contributed by atoms with E-state index < -0.39 is 0 Å². The molecule has 5 heteroatoms. The van der Waals surface area contributed by atoms with Gasteiger partial charge in [-0.25, -0.2) is 0 Å². The fraction of sp³-hybridized carbons (Fsp3) is 0.579. The molecule has 0 aliphatic carbocycles. The molecule has 0 saturated carbocycles. The van der Waals surface area contributed by atoms with Gasteiger partial charge in [0, 0.05) is 32.1 Å². The smallest absolute Gasteiger partial charge is 0.228 e. The lowest BCUT2D eigenvalue weighted by Crippen LogP contribution is -2.48. The molecule has 3 saturated heterocycles. The van der Waals surface area contributed by atoms with Crippen LogP contribution in [0.1, 0.15) is 38.7 Å². The Hall–Kier alpha value is -1.62. The number of hydrogen-bond donors (Lipinski definition) is 0. The van der Waals surface area contributed by atoms with Gasteiger partial charge in [0.1, 0.15) is 0 Å². The molecule has 1 aromatic heterocycles. The molecule has 4 nitrogen and oxygen atoms in total. The van der Waals surface area contributed by atoms with Gasteiger partial charge in [-0.05, 0) is 55.5 Å². The Morgan fingerprint density at radius 1 is 1.33 bits per heavy atom. The second-order valence-electron chi connectivity index (χ2n) is 7.13. The standard InChI is InChI=1S/C19H26N2O2S/c1-14(2)7-9-21-17-5-4-16(19(21)23)11-20(12-17)18(22)6-3-15-8-10-24-13-15/h7-8,10,13,16-17H,3-6,9,11-12H2,1-2H3/t16-,17+/m0/s1. The van der Waals surface area contributed by atoms with Gasteiger partial charge < -0.3 is 9.80 Å². The van der Waals surface area contributed by atoms with Gasteiger partial charge in [0.25, 0.3) is 0 Å². The topological polar surface area (TPSA) is 40.6 Å². The number of thiophene rings is 1. The number of aryl methyl sites for hydroxylation is 1. The van der Waals surface area contributed by atoms with Crippen molar-refractivity contribution in [2.75, 3.05) is 19.6 Å². The van der Waals surface area contributed by atoms with Gasteiger partial charge >= 0.3 is 0 Å². The van der Waals surface area contributed by atoms with Gasteiger partial charge in [-0.2, -0.15) is 11.3 Å². The number of nitrogens with zero attached hydrogens (tertiary/aromatic N) is 2. The maximum Gasteiger partial charge on any atom is 0.228 e. The first-order chi connectivity index (χ1) is 11.5. The minimum Gasteiger partial charge on any atom is -0.340 e. The lowest BCUT2D eigenvalue weighted by atomic mass is 9.94. The van der Waals surface area contributed by atoms with E-state index in [0.717, 1.165) is 19.3 Å². The summed E-state index contributed by atoms with van der Waals surface area (Å²) in [6.07, 6.45) is 5.38. The van der Waals surface area contributed by atoms with Crippen molar-refractivity contribution >= 4 is 23.2 Å². The molecular weight excluding hydrogens is 320 g/mol. The molecule has 0 unspecified atom stereocenters. The summed E-state index contributed by atoms with van der Waals surface area (Å²) in [5, 5.41) is 4.15. The second-order valence-corrected chi connectivity index (χ2v) is 7.91. The van der Waals surface area contributed by atoms with Crippen molar-refractivity contribution in [3.05, 3.63) is 34.0 Å². The van der Waals surface area contributed by atoms with E-state index in [1.807, 2.05) is 15.2 Å². The van der Waals surface area contributed by atoms with Crippen LogP contribution in [0, 0.1) is 5.92 Å². The average Bonchev–Trinajstić information content (AvgIpc) is 2.92. The summed E-state index contributed by atoms with van der Waals surface area (Å²) >= 11 is 1.67. The van der Waals surface area contributed by atoms with Crippen molar-refractivity contribution < 1.29 is 9.59 Å². The van der Waals surface area contributed by atoms with Gasteiger partial charge in [-0.1, -0.05) is 11.6 Å². The molecule has 0 spiro atoms. The summed E-state index contributed by atoms with van der Waals surface area (Å²) < 4.78 is 0. The molecule has 0 N–H and O–H groups in total. The summed E-state index contributed by atoms with van der Waals surface area (Å²) in [7, 11) is 0. The zero-order valence-corrected chi connectivity index (χ0v) is 15.3. The third-order valence-corrected chi connectivity index (χ3v) is 5.78. The number of allylic oxidation sites excluding steroid dienone is 1. The Kier molecular flexibility index (Phi) is 5.39. The average molecular weight is 346 g/mol. The van der Waals surface area contributed by atoms with E-state index in [2.05, 4.69) is 31.4 Å². The fourth-order valence-corrected chi connectivity index (χ4v) is 4.31. The number of hydrogen-bond acceptors (Lipinski definition) is 3. The van der Waals surface area contributed by atoms with Crippen molar-refractivity contribution in [3.63, 3.8) is 0 Å². The highest BCUT2D eigenvalue weighted by molar-refractivity contribution is 7.07. The largest absolute Gasteiger partial charge is 0.340 e. The molecule has 3 aliphatic heterocycles. The molecule has 130 valence electrons. The van der Waals surface area contributed by atoms with E-state index in [1.54, 1.807) is 11.3 Å². The quantitative estimate of drug-likeness (QED) is 0.769. The van der Waals surface area contributed by atoms with Crippen molar-refractivity contribution in [1.82, 2.24) is 9.80 Å². The van der Waals surface area contributed by atoms with Gasteiger partial charge in [-0.3, -0.25) is 9.59 Å². The predicted molar refractivity (Wildman–Crippen MR) is 96.9 cm³/mol. The highest BCUT2D eigenvalue weighted by Crippen LogP contribution is 2.29. The molecule has 2 bridgehead atoms. The van der Waals surface area contributed by atoms with Crippen LogP contribution in [0.2, 0.25) is 0 Å². The highest BCUT2D eigenvalue weighted by atomic mass is 32.1. The molecular formula is C19H26N2O2S. The van der Waals surface area contributed by atoms with E-state index in [1.165, 1.54) is 11.1 Å². The lowest BCUT2D eigenvalue weighted by Gasteiger charge is -2.35. The first-order valence-corrected chi connectivity index (χ1v) is 9.71. The van der Waals surface area contributed by atoms with Gasteiger partial charge in [0.15, 0.2) is 0 Å². The molecule has 3 fully saturated rings. The number of piperidine rings is 1. The van der Waals surface area contributed by atoms with E-state index in [0.29, 0.717) is 26.1 Å². The Morgan fingerprint density at radius 2 is 2.17 bits per heavy atom. The van der Waals surface area contributed by atoms with Crippen LogP contribution >= 0.6 is 11.3 Å². The van der Waals surface area contributed by atoms with Crippen molar-refractivity contribution in [2.24, 2.45) is 5.92 Å². The van der Waals surface area contributed by atoms with Crippen LogP contribution in [-0.4, -0.2) is 47.3 Å². The fourth-order valence-electron chi connectivity index (χ4n) is 3.61. The number of fused-ring (bicyclic) bond motifs is 4. The zero-order chi connectivity index (χ0) is 17.1. The minimum absolute atomic E-state index is 0.0144. The van der Waals surface area contributed by atoms with Crippen LogP contribution in [0.4, 0.5) is 0 Å². The van der Waals surface area contributed by atoms with Crippen molar-refractivity contribution in [3.8, 4) is 0 Å². The van der Waals surface area contributed by atoms with Crippen molar-refractivity contribution in [1.29, 1.82) is 0 Å². The van der Waals surface area contributed by atoms with Crippen LogP contribution in [0.15, 0.2) is 28.5 Å². The first kappa shape index (κ1) is 17.2. The number of carbonyl (C=O) groups is 2. The third-order valence-electron chi connectivity index (χ3n) is 5.05. The van der Waals surface area contributed by atoms with Crippen LogP contribution in [0.3, 0.4) is 0 Å². The van der Waals surface area contributed by atoms with Crippen molar-refractivity contribution in [2.45, 2.75) is 45.6 Å². The summed E-state index contributed by atoms with van der Waals surface area (Å²) in [6.45, 7) is 6.09. The summed E-state index contributed by atoms with van der Waals surface area (Å²) in [5.41, 5.74) is 2.46. The number of amides is 2. The highest BCUT2D eigenvalue weighted by Gasteiger charge is 2.41. The Labute approximate surface area is 148 Å². The minimum atomic E-state index is -0.0144. The van der Waals surface area contributed by atoms with Crippen LogP contribution in [0.25, 0.3) is 0 Å². The van der Waals surface area contributed by atoms with E-state index in [9.17, 15) is 9.59 Å². The maximum atomic E-state index is 12.7. The lowest BCUT2D eigenvalue weighted by molar-refractivity contribution is -0.139. The Balaban J connectivity index is 1.64. The van der Waals surface area contributed by atoms with Crippen LogP contribution < -0.4 is 0 Å². The molecule has 3 aliphatic rings. The normalized spacial score (nSPS) is 23.3. The molecule has 0 aromatic carbocycles. The van der Waals surface area contributed by atoms with Gasteiger partial charge in [-0.15, -0.1) is 0 Å². The number of carbonyl (C=O) groups excluding carboxylic acids is 2. The molecule has 0 radical (unpaired) electrons. The molecule has 4 rings (SSSR count). The summed E-state index contributed by atoms with van der Waals surface area (Å²) in [6, 6.07) is 2.26. The first-order valence-electron chi connectivity index (χ1n) is 8.77. The Morgan fingerprint density at radius 3 is 2.88 bits per heavy atom. The number of rotatable bonds is 5. The molecule has 2 amide bonds. The molecule has 4 heterocycles. The zero-order valence-electron chi connectivity index (χ0n) is 14.5. The molecule has 24 heavy (non-hydrogen) atoms. The monoisotopic (exact) mass is 346 g/mol. The molecule has 2 atom stereocenters.